The van der Waals surface area contributed by atoms with Gasteiger partial charge in [0.25, 0.3) is 0 Å². The van der Waals surface area contributed by atoms with Gasteiger partial charge in [-0.1, -0.05) is 265 Å². The van der Waals surface area contributed by atoms with Crippen molar-refractivity contribution < 1.29 is 28.6 Å². The highest BCUT2D eigenvalue weighted by molar-refractivity contribution is 5.71. The van der Waals surface area contributed by atoms with E-state index in [0.717, 1.165) is 63.7 Å². The Labute approximate surface area is 374 Å². The first-order valence-electron chi connectivity index (χ1n) is 26.9. The highest BCUT2D eigenvalue weighted by atomic mass is 16.6. The zero-order chi connectivity index (χ0) is 43.8. The van der Waals surface area contributed by atoms with Crippen LogP contribution in [-0.2, 0) is 28.6 Å². The van der Waals surface area contributed by atoms with Crippen molar-refractivity contribution in [3.63, 3.8) is 0 Å². The molecule has 60 heavy (non-hydrogen) atoms. The Hall–Kier alpha value is -1.59. The summed E-state index contributed by atoms with van der Waals surface area (Å²) in [7, 11) is 0. The summed E-state index contributed by atoms with van der Waals surface area (Å²) in [5, 5.41) is 0. The maximum Gasteiger partial charge on any atom is 0.306 e. The van der Waals surface area contributed by atoms with E-state index in [-0.39, 0.29) is 31.1 Å². The monoisotopic (exact) mass is 849 g/mol. The molecule has 0 rings (SSSR count). The first-order chi connectivity index (χ1) is 29.4. The molecule has 0 aromatic rings. The van der Waals surface area contributed by atoms with Crippen molar-refractivity contribution in [2.45, 2.75) is 310 Å². The number of rotatable bonds is 49. The fourth-order valence-electron chi connectivity index (χ4n) is 8.19. The molecule has 0 aliphatic rings. The number of hydrogen-bond donors (Lipinski definition) is 0. The first kappa shape index (κ1) is 58.4. The van der Waals surface area contributed by atoms with Crippen LogP contribution in [-0.4, -0.2) is 37.2 Å². The van der Waals surface area contributed by atoms with Gasteiger partial charge in [-0.3, -0.25) is 14.4 Å². The second-order valence-corrected chi connectivity index (χ2v) is 18.8. The van der Waals surface area contributed by atoms with Gasteiger partial charge >= 0.3 is 17.9 Å². The molecule has 2 atom stereocenters. The molecule has 6 heteroatoms. The second-order valence-electron chi connectivity index (χ2n) is 18.8. The Morgan fingerprint density at radius 2 is 0.583 bits per heavy atom. The van der Waals surface area contributed by atoms with Gasteiger partial charge in [0.2, 0.25) is 0 Å². The molecule has 0 saturated heterocycles. The van der Waals surface area contributed by atoms with E-state index in [0.29, 0.717) is 19.3 Å². The van der Waals surface area contributed by atoms with Crippen molar-refractivity contribution >= 4 is 17.9 Å². The summed E-state index contributed by atoms with van der Waals surface area (Å²) >= 11 is 0. The Morgan fingerprint density at radius 1 is 0.333 bits per heavy atom. The minimum atomic E-state index is -0.760. The normalized spacial score (nSPS) is 12.4. The zero-order valence-electron chi connectivity index (χ0n) is 40.9. The van der Waals surface area contributed by atoms with Crippen LogP contribution in [0.3, 0.4) is 0 Å². The predicted octanol–water partition coefficient (Wildman–Crippen LogP) is 17.5. The summed E-state index contributed by atoms with van der Waals surface area (Å²) in [4.78, 5) is 38.0. The Bertz CT molecular complexity index is 905. The number of carbonyl (C=O) groups excluding carboxylic acids is 3. The summed E-state index contributed by atoms with van der Waals surface area (Å²) in [5.41, 5.74) is 0. The summed E-state index contributed by atoms with van der Waals surface area (Å²) < 4.78 is 16.8. The Balaban J connectivity index is 4.26. The maximum atomic E-state index is 12.8. The molecule has 0 bridgehead atoms. The molecular weight excluding hydrogens is 745 g/mol. The molecule has 0 saturated carbocycles. The van der Waals surface area contributed by atoms with Gasteiger partial charge in [-0.25, -0.2) is 0 Å². The summed E-state index contributed by atoms with van der Waals surface area (Å²) in [6.07, 6.45) is 50.8. The molecule has 0 aliphatic heterocycles. The fraction of sp³-hybridized carbons (Fsp3) is 0.944. The van der Waals surface area contributed by atoms with Crippen LogP contribution in [0.5, 0.6) is 0 Å². The van der Waals surface area contributed by atoms with E-state index in [1.54, 1.807) is 0 Å². The summed E-state index contributed by atoms with van der Waals surface area (Å²) in [5.74, 6) is 0.0540. The van der Waals surface area contributed by atoms with Crippen LogP contribution in [0, 0.1) is 5.92 Å². The van der Waals surface area contributed by atoms with E-state index in [9.17, 15) is 14.4 Å². The van der Waals surface area contributed by atoms with Gasteiger partial charge in [0, 0.05) is 19.3 Å². The molecule has 0 heterocycles. The predicted molar refractivity (Wildman–Crippen MR) is 257 cm³/mol. The molecule has 1 unspecified atom stereocenters. The smallest absolute Gasteiger partial charge is 0.306 e. The largest absolute Gasteiger partial charge is 0.462 e. The Morgan fingerprint density at radius 3 is 0.867 bits per heavy atom. The van der Waals surface area contributed by atoms with Crippen LogP contribution in [0.2, 0.25) is 0 Å². The summed E-state index contributed by atoms with van der Waals surface area (Å²) in [6, 6.07) is 0. The van der Waals surface area contributed by atoms with Crippen LogP contribution in [0.15, 0.2) is 0 Å². The van der Waals surface area contributed by atoms with E-state index in [2.05, 4.69) is 27.7 Å². The molecule has 0 aliphatic carbocycles. The van der Waals surface area contributed by atoms with Crippen molar-refractivity contribution in [1.82, 2.24) is 0 Å². The number of hydrogen-bond acceptors (Lipinski definition) is 6. The van der Waals surface area contributed by atoms with Crippen LogP contribution >= 0.6 is 0 Å². The lowest BCUT2D eigenvalue weighted by Gasteiger charge is -2.18. The van der Waals surface area contributed by atoms with E-state index < -0.39 is 6.10 Å². The van der Waals surface area contributed by atoms with E-state index in [1.165, 1.54) is 199 Å². The summed E-state index contributed by atoms with van der Waals surface area (Å²) in [6.45, 7) is 9.07. The van der Waals surface area contributed by atoms with Gasteiger partial charge in [0.05, 0.1) is 0 Å². The van der Waals surface area contributed by atoms with E-state index in [1.807, 2.05) is 0 Å². The molecular formula is C54H104O6. The molecule has 0 aromatic carbocycles. The highest BCUT2D eigenvalue weighted by Crippen LogP contribution is 2.18. The second kappa shape index (κ2) is 48.4. The van der Waals surface area contributed by atoms with Gasteiger partial charge in [0.15, 0.2) is 6.10 Å². The molecule has 0 spiro atoms. The minimum absolute atomic E-state index is 0.0624. The number of unbranched alkanes of at least 4 members (excludes halogenated alkanes) is 35. The van der Waals surface area contributed by atoms with Gasteiger partial charge in [-0.15, -0.1) is 0 Å². The highest BCUT2D eigenvalue weighted by Gasteiger charge is 2.19. The maximum absolute atomic E-state index is 12.8. The number of ether oxygens (including phenoxy) is 3. The standard InChI is InChI=1S/C54H104O6/c1-5-8-10-12-14-16-18-21-27-31-35-39-43-47-54(57)60-51(48-58-52(55)45-41-37-33-29-24-17-15-13-11-9-6-2)49-59-53(56)46-42-38-34-30-26-23-20-19-22-25-28-32-36-40-44-50(4)7-3/h50-51H,5-49H2,1-4H3/t50?,51-/m1/s1. The van der Waals surface area contributed by atoms with Gasteiger partial charge in [-0.2, -0.15) is 0 Å². The molecule has 0 radical (unpaired) electrons. The van der Waals surface area contributed by atoms with E-state index >= 15 is 0 Å². The Kier molecular flexibility index (Phi) is 47.2. The zero-order valence-corrected chi connectivity index (χ0v) is 40.9. The fourth-order valence-corrected chi connectivity index (χ4v) is 8.19. The molecule has 6 nitrogen and oxygen atoms in total. The SMILES string of the molecule is CCCCCCCCCCCCCCCC(=O)O[C@H](COC(=O)CCCCCCCCCCCCC)COC(=O)CCCCCCCCCCCCCCCCC(C)CC. The third kappa shape index (κ3) is 45.9. The molecule has 356 valence electrons. The van der Waals surface area contributed by atoms with Crippen molar-refractivity contribution in [3.05, 3.63) is 0 Å². The van der Waals surface area contributed by atoms with Crippen LogP contribution < -0.4 is 0 Å². The van der Waals surface area contributed by atoms with Crippen LogP contribution in [0.4, 0.5) is 0 Å². The average molecular weight is 849 g/mol. The molecule has 0 N–H and O–H groups in total. The third-order valence-corrected chi connectivity index (χ3v) is 12.7. The van der Waals surface area contributed by atoms with Gasteiger partial charge in [0.1, 0.15) is 13.2 Å². The first-order valence-corrected chi connectivity index (χ1v) is 26.9. The number of esters is 3. The minimum Gasteiger partial charge on any atom is -0.462 e. The van der Waals surface area contributed by atoms with Crippen molar-refractivity contribution in [3.8, 4) is 0 Å². The van der Waals surface area contributed by atoms with Gasteiger partial charge in [-0.05, 0) is 25.2 Å². The lowest BCUT2D eigenvalue weighted by Crippen LogP contribution is -2.30. The number of carbonyl (C=O) groups is 3. The molecule has 0 fully saturated rings. The van der Waals surface area contributed by atoms with Crippen molar-refractivity contribution in [2.24, 2.45) is 5.92 Å². The van der Waals surface area contributed by atoms with Crippen molar-refractivity contribution in [2.75, 3.05) is 13.2 Å². The van der Waals surface area contributed by atoms with Crippen LogP contribution in [0.25, 0.3) is 0 Å². The lowest BCUT2D eigenvalue weighted by atomic mass is 9.99. The molecule has 0 aromatic heterocycles. The average Bonchev–Trinajstić information content (AvgIpc) is 3.25. The van der Waals surface area contributed by atoms with E-state index in [4.69, 9.17) is 14.2 Å². The third-order valence-electron chi connectivity index (χ3n) is 12.7. The molecule has 0 amide bonds. The quantitative estimate of drug-likeness (QED) is 0.0345. The van der Waals surface area contributed by atoms with Crippen LogP contribution in [0.1, 0.15) is 304 Å². The topological polar surface area (TPSA) is 78.9 Å². The van der Waals surface area contributed by atoms with Crippen molar-refractivity contribution in [1.29, 1.82) is 0 Å². The van der Waals surface area contributed by atoms with Gasteiger partial charge < -0.3 is 14.2 Å². The lowest BCUT2D eigenvalue weighted by molar-refractivity contribution is -0.167.